The number of allylic oxidation sites excluding steroid dienone is 2. The zero-order chi connectivity index (χ0) is 26.4. The predicted molar refractivity (Wildman–Crippen MR) is 146 cm³/mol. The van der Waals surface area contributed by atoms with Crippen molar-refractivity contribution in [3.63, 3.8) is 0 Å². The van der Waals surface area contributed by atoms with Crippen molar-refractivity contribution in [3.8, 4) is 17.2 Å². The first-order valence-corrected chi connectivity index (χ1v) is 11.8. The van der Waals surface area contributed by atoms with E-state index < -0.39 is 22.2 Å². The predicted octanol–water partition coefficient (Wildman–Crippen LogP) is 4.00. The second-order valence-electron chi connectivity index (χ2n) is 9.02. The third kappa shape index (κ3) is 3.85. The summed E-state index contributed by atoms with van der Waals surface area (Å²) >= 11 is 0. The molecule has 0 saturated heterocycles. The highest BCUT2D eigenvalue weighted by atomic mass is 16.5. The van der Waals surface area contributed by atoms with Gasteiger partial charge in [-0.2, -0.15) is 0 Å². The molecule has 0 aliphatic carbocycles. The summed E-state index contributed by atoms with van der Waals surface area (Å²) in [5.74, 6) is 1.21. The van der Waals surface area contributed by atoms with E-state index in [1.807, 2.05) is 31.2 Å². The highest BCUT2D eigenvalue weighted by molar-refractivity contribution is 5.98. The Labute approximate surface area is 211 Å². The number of fused-ring (bicyclic) bond motifs is 2. The summed E-state index contributed by atoms with van der Waals surface area (Å²) in [6.45, 7) is 9.63. The van der Waals surface area contributed by atoms with E-state index in [0.29, 0.717) is 29.2 Å². The van der Waals surface area contributed by atoms with Crippen LogP contribution in [-0.4, -0.2) is 9.13 Å². The van der Waals surface area contributed by atoms with Crippen LogP contribution in [0.15, 0.2) is 93.0 Å². The van der Waals surface area contributed by atoms with Crippen LogP contribution in [0, 0.1) is 6.92 Å². The molecule has 0 amide bonds. The van der Waals surface area contributed by atoms with Crippen LogP contribution in [0.25, 0.3) is 27.2 Å². The van der Waals surface area contributed by atoms with E-state index >= 15 is 0 Å². The standard InChI is InChI=1S/C30H24N2O5/c1-5-7-18-13-20(10-9-17(18)3)37-21-11-12-26(19(14-21)8-6-2)32-29(35)24-15-22-23(16-25(24)30(32)36)28(34)31(4)27(22)33/h5-6,9-16H,1-2,7-8H2,3-4H3. The molecule has 3 aromatic carbocycles. The van der Waals surface area contributed by atoms with Gasteiger partial charge in [0.1, 0.15) is 11.5 Å². The molecule has 0 aliphatic rings. The summed E-state index contributed by atoms with van der Waals surface area (Å²) in [6, 6.07) is 13.6. The Bertz CT molecular complexity index is 1870. The molecule has 0 aliphatic heterocycles. The van der Waals surface area contributed by atoms with Gasteiger partial charge in [-0.15, -0.1) is 13.2 Å². The molecule has 0 spiro atoms. The number of hydrogen-bond donors (Lipinski definition) is 0. The first-order chi connectivity index (χ1) is 17.7. The second-order valence-corrected chi connectivity index (χ2v) is 9.02. The normalized spacial score (nSPS) is 11.3. The van der Waals surface area contributed by atoms with Crippen molar-refractivity contribution in [2.24, 2.45) is 7.05 Å². The number of aryl methyl sites for hydroxylation is 1. The monoisotopic (exact) mass is 492 g/mol. The Kier molecular flexibility index (Phi) is 5.84. The van der Waals surface area contributed by atoms with Crippen LogP contribution in [0.2, 0.25) is 0 Å². The summed E-state index contributed by atoms with van der Waals surface area (Å²) in [5.41, 5.74) is 1.21. The minimum atomic E-state index is -0.552. The second kappa shape index (κ2) is 9.02. The van der Waals surface area contributed by atoms with Crippen LogP contribution in [0.5, 0.6) is 11.5 Å². The van der Waals surface area contributed by atoms with Crippen LogP contribution in [0.3, 0.4) is 0 Å². The molecule has 0 unspecified atom stereocenters. The van der Waals surface area contributed by atoms with Gasteiger partial charge in [0.05, 0.1) is 27.2 Å². The van der Waals surface area contributed by atoms with E-state index in [-0.39, 0.29) is 21.5 Å². The molecule has 37 heavy (non-hydrogen) atoms. The van der Waals surface area contributed by atoms with Gasteiger partial charge in [-0.25, -0.2) is 4.57 Å². The van der Waals surface area contributed by atoms with Crippen molar-refractivity contribution in [3.05, 3.63) is 132 Å². The highest BCUT2D eigenvalue weighted by Gasteiger charge is 2.20. The van der Waals surface area contributed by atoms with Crippen LogP contribution in [-0.2, 0) is 19.9 Å². The fraction of sp³-hybridized carbons (Fsp3) is 0.133. The van der Waals surface area contributed by atoms with E-state index in [0.717, 1.165) is 26.7 Å². The molecule has 5 rings (SSSR count). The van der Waals surface area contributed by atoms with Gasteiger partial charge in [0, 0.05) is 7.05 Å². The zero-order valence-corrected chi connectivity index (χ0v) is 20.5. The molecule has 0 radical (unpaired) electrons. The lowest BCUT2D eigenvalue weighted by molar-refractivity contribution is 0.481. The van der Waals surface area contributed by atoms with Gasteiger partial charge in [-0.05, 0) is 78.9 Å². The molecule has 0 atom stereocenters. The minimum Gasteiger partial charge on any atom is -0.457 e. The van der Waals surface area contributed by atoms with Crippen molar-refractivity contribution in [1.29, 1.82) is 0 Å². The maximum atomic E-state index is 13.4. The molecule has 0 saturated carbocycles. The average Bonchev–Trinajstić information content (AvgIpc) is 3.25. The SMILES string of the molecule is C=CCc1cc(Oc2ccc(-n3c(=O)c4cc5c(=O)n(C)c(=O)c5cc4c3=O)c(CC=C)c2)ccc1C. The lowest BCUT2D eigenvalue weighted by atomic mass is 10.1. The quantitative estimate of drug-likeness (QED) is 0.321. The van der Waals surface area contributed by atoms with E-state index in [1.54, 1.807) is 24.3 Å². The molecular formula is C30H24N2O5. The number of rotatable bonds is 7. The Morgan fingerprint density at radius 1 is 0.703 bits per heavy atom. The summed E-state index contributed by atoms with van der Waals surface area (Å²) in [4.78, 5) is 51.6. The molecule has 5 aromatic rings. The van der Waals surface area contributed by atoms with E-state index in [9.17, 15) is 19.2 Å². The minimum absolute atomic E-state index is 0.0967. The molecular weight excluding hydrogens is 468 g/mol. The van der Waals surface area contributed by atoms with Gasteiger partial charge < -0.3 is 4.74 Å². The average molecular weight is 493 g/mol. The molecule has 2 aromatic heterocycles. The largest absolute Gasteiger partial charge is 0.457 e. The van der Waals surface area contributed by atoms with E-state index in [2.05, 4.69) is 13.2 Å². The van der Waals surface area contributed by atoms with Crippen molar-refractivity contribution in [2.75, 3.05) is 0 Å². The van der Waals surface area contributed by atoms with Crippen molar-refractivity contribution in [2.45, 2.75) is 19.8 Å². The third-order valence-corrected chi connectivity index (χ3v) is 6.67. The maximum absolute atomic E-state index is 13.4. The van der Waals surface area contributed by atoms with Crippen LogP contribution < -0.4 is 27.0 Å². The molecule has 0 fully saturated rings. The van der Waals surface area contributed by atoms with Crippen LogP contribution in [0.1, 0.15) is 16.7 Å². The van der Waals surface area contributed by atoms with Gasteiger partial charge in [-0.1, -0.05) is 18.2 Å². The Morgan fingerprint density at radius 2 is 1.19 bits per heavy atom. The van der Waals surface area contributed by atoms with Crippen molar-refractivity contribution >= 4 is 21.5 Å². The maximum Gasteiger partial charge on any atom is 0.266 e. The first-order valence-electron chi connectivity index (χ1n) is 11.8. The molecule has 2 heterocycles. The van der Waals surface area contributed by atoms with Gasteiger partial charge in [-0.3, -0.25) is 23.7 Å². The first kappa shape index (κ1) is 23.9. The summed E-state index contributed by atoms with van der Waals surface area (Å²) in [6.07, 6.45) is 4.62. The van der Waals surface area contributed by atoms with Crippen LogP contribution >= 0.6 is 0 Å². The number of hydrogen-bond acceptors (Lipinski definition) is 5. The Morgan fingerprint density at radius 3 is 1.76 bits per heavy atom. The lowest BCUT2D eigenvalue weighted by Gasteiger charge is -2.13. The lowest BCUT2D eigenvalue weighted by Crippen LogP contribution is -2.24. The van der Waals surface area contributed by atoms with Crippen molar-refractivity contribution in [1.82, 2.24) is 9.13 Å². The molecule has 184 valence electrons. The number of ether oxygens (including phenoxy) is 1. The van der Waals surface area contributed by atoms with E-state index in [4.69, 9.17) is 4.74 Å². The zero-order valence-electron chi connectivity index (χ0n) is 20.5. The van der Waals surface area contributed by atoms with E-state index in [1.165, 1.54) is 19.2 Å². The summed E-state index contributed by atoms with van der Waals surface area (Å²) in [5, 5.41) is 0.440. The fourth-order valence-corrected chi connectivity index (χ4v) is 4.70. The smallest absolute Gasteiger partial charge is 0.266 e. The van der Waals surface area contributed by atoms with Gasteiger partial charge in [0.15, 0.2) is 0 Å². The highest BCUT2D eigenvalue weighted by Crippen LogP contribution is 2.28. The Hall–Kier alpha value is -4.78. The molecule has 0 bridgehead atoms. The molecule has 7 nitrogen and oxygen atoms in total. The topological polar surface area (TPSA) is 87.4 Å². The fourth-order valence-electron chi connectivity index (χ4n) is 4.70. The number of benzene rings is 3. The number of aromatic nitrogens is 2. The van der Waals surface area contributed by atoms with Gasteiger partial charge in [0.25, 0.3) is 22.2 Å². The van der Waals surface area contributed by atoms with Crippen molar-refractivity contribution < 1.29 is 4.74 Å². The number of nitrogens with zero attached hydrogens (tertiary/aromatic N) is 2. The third-order valence-electron chi connectivity index (χ3n) is 6.67. The molecule has 0 N–H and O–H groups in total. The van der Waals surface area contributed by atoms with Gasteiger partial charge in [0.2, 0.25) is 0 Å². The van der Waals surface area contributed by atoms with Gasteiger partial charge >= 0.3 is 0 Å². The van der Waals surface area contributed by atoms with Crippen LogP contribution in [0.4, 0.5) is 0 Å². The summed E-state index contributed by atoms with van der Waals surface area (Å²) < 4.78 is 8.14. The Balaban J connectivity index is 1.64. The molecule has 7 heteroatoms. The summed E-state index contributed by atoms with van der Waals surface area (Å²) in [7, 11) is 1.37.